The van der Waals surface area contributed by atoms with Gasteiger partial charge in [0.1, 0.15) is 0 Å². The Morgan fingerprint density at radius 1 is 1.43 bits per heavy atom. The summed E-state index contributed by atoms with van der Waals surface area (Å²) in [4.78, 5) is 0. The second kappa shape index (κ2) is 8.61. The first-order chi connectivity index (χ1) is 10.2. The van der Waals surface area contributed by atoms with Gasteiger partial charge in [-0.1, -0.05) is 18.0 Å². The summed E-state index contributed by atoms with van der Waals surface area (Å²) in [7, 11) is 0. The first kappa shape index (κ1) is 16.6. The van der Waals surface area contributed by atoms with E-state index in [2.05, 4.69) is 11.6 Å². The molecular formula is C16H25FN2OS. The van der Waals surface area contributed by atoms with Gasteiger partial charge < -0.3 is 10.5 Å². The molecule has 1 unspecified atom stereocenters. The summed E-state index contributed by atoms with van der Waals surface area (Å²) < 4.78 is 22.7. The molecule has 1 atom stereocenters. The van der Waals surface area contributed by atoms with Crippen molar-refractivity contribution in [3.8, 4) is 5.75 Å². The molecular weight excluding hydrogens is 287 g/mol. The molecule has 0 spiro atoms. The van der Waals surface area contributed by atoms with Crippen molar-refractivity contribution < 1.29 is 9.13 Å². The van der Waals surface area contributed by atoms with E-state index < -0.39 is 0 Å². The average molecular weight is 312 g/mol. The molecule has 1 saturated carbocycles. The molecule has 0 aliphatic heterocycles. The first-order valence-electron chi connectivity index (χ1n) is 7.70. The Balaban J connectivity index is 1.81. The molecule has 1 aliphatic carbocycles. The van der Waals surface area contributed by atoms with Crippen LogP contribution in [0.2, 0.25) is 0 Å². The highest BCUT2D eigenvalue weighted by Crippen LogP contribution is 2.31. The minimum Gasteiger partial charge on any atom is -0.490 e. The van der Waals surface area contributed by atoms with Crippen LogP contribution in [0.3, 0.4) is 0 Å². The van der Waals surface area contributed by atoms with Crippen LogP contribution < -0.4 is 15.2 Å². The van der Waals surface area contributed by atoms with Gasteiger partial charge in [0.25, 0.3) is 0 Å². The number of nitrogens with one attached hydrogen (secondary N) is 1. The largest absolute Gasteiger partial charge is 0.490 e. The van der Waals surface area contributed by atoms with Crippen LogP contribution in [0.5, 0.6) is 5.75 Å². The van der Waals surface area contributed by atoms with Crippen molar-refractivity contribution in [2.24, 2.45) is 11.7 Å². The number of hydrogen-bond acceptors (Lipinski definition) is 4. The number of ether oxygens (including phenoxy) is 1. The van der Waals surface area contributed by atoms with Gasteiger partial charge in [-0.2, -0.15) is 0 Å². The van der Waals surface area contributed by atoms with Crippen LogP contribution in [0, 0.1) is 11.7 Å². The topological polar surface area (TPSA) is 47.3 Å². The summed E-state index contributed by atoms with van der Waals surface area (Å²) in [6.45, 7) is 3.46. The summed E-state index contributed by atoms with van der Waals surface area (Å²) in [6.07, 6.45) is 4.58. The van der Waals surface area contributed by atoms with Crippen molar-refractivity contribution in [1.82, 2.24) is 4.72 Å². The minimum atomic E-state index is -0.276. The van der Waals surface area contributed by atoms with Crippen LogP contribution in [0.1, 0.15) is 44.2 Å². The fourth-order valence-electron chi connectivity index (χ4n) is 1.96. The van der Waals surface area contributed by atoms with Crippen LogP contribution in [-0.4, -0.2) is 18.9 Å². The lowest BCUT2D eigenvalue weighted by Crippen LogP contribution is -2.12. The molecule has 0 bridgehead atoms. The van der Waals surface area contributed by atoms with Crippen LogP contribution in [0.25, 0.3) is 0 Å². The fraction of sp³-hybridized carbons (Fsp3) is 0.625. The number of hydrogen-bond donors (Lipinski definition) is 2. The fourth-order valence-corrected chi connectivity index (χ4v) is 2.81. The average Bonchev–Trinajstić information content (AvgIpc) is 3.30. The van der Waals surface area contributed by atoms with Crippen molar-refractivity contribution in [3.05, 3.63) is 29.6 Å². The van der Waals surface area contributed by atoms with E-state index in [1.54, 1.807) is 11.9 Å². The maximum atomic E-state index is 13.7. The van der Waals surface area contributed by atoms with Gasteiger partial charge in [0.05, 0.1) is 6.61 Å². The Bertz CT molecular complexity index is 440. The third-order valence-corrected chi connectivity index (χ3v) is 4.60. The molecule has 0 saturated heterocycles. The Morgan fingerprint density at radius 3 is 2.95 bits per heavy atom. The molecule has 3 nitrogen and oxygen atoms in total. The number of nitrogens with two attached hydrogens (primary N) is 1. The molecule has 0 amide bonds. The summed E-state index contributed by atoms with van der Waals surface area (Å²) in [5.41, 5.74) is 6.52. The lowest BCUT2D eigenvalue weighted by Gasteiger charge is -2.15. The van der Waals surface area contributed by atoms with Gasteiger partial charge in [-0.15, -0.1) is 0 Å². The van der Waals surface area contributed by atoms with Crippen molar-refractivity contribution in [2.45, 2.75) is 38.6 Å². The van der Waals surface area contributed by atoms with Crippen LogP contribution in [0.4, 0.5) is 4.39 Å². The monoisotopic (exact) mass is 312 g/mol. The molecule has 5 heteroatoms. The van der Waals surface area contributed by atoms with Crippen LogP contribution in [-0.2, 0) is 0 Å². The second-order valence-electron chi connectivity index (χ2n) is 5.63. The number of unbranched alkanes of at least 4 members (excludes halogenated alkanes) is 1. The molecule has 0 heterocycles. The summed E-state index contributed by atoms with van der Waals surface area (Å²) in [6, 6.07) is 5.29. The van der Waals surface area contributed by atoms with Crippen molar-refractivity contribution in [1.29, 1.82) is 0 Å². The zero-order chi connectivity index (χ0) is 15.1. The molecule has 2 rings (SSSR count). The Morgan fingerprint density at radius 2 is 2.24 bits per heavy atom. The predicted molar refractivity (Wildman–Crippen MR) is 86.9 cm³/mol. The van der Waals surface area contributed by atoms with E-state index in [-0.39, 0.29) is 11.9 Å². The Labute approximate surface area is 131 Å². The van der Waals surface area contributed by atoms with Gasteiger partial charge in [0.15, 0.2) is 11.6 Å². The predicted octanol–water partition coefficient (Wildman–Crippen LogP) is 3.65. The van der Waals surface area contributed by atoms with Crippen LogP contribution in [0.15, 0.2) is 18.2 Å². The molecule has 118 valence electrons. The summed E-state index contributed by atoms with van der Waals surface area (Å²) in [5, 5.41) is 0. The highest BCUT2D eigenvalue weighted by Gasteiger charge is 2.22. The number of rotatable bonds is 10. The summed E-state index contributed by atoms with van der Waals surface area (Å²) >= 11 is 1.69. The lowest BCUT2D eigenvalue weighted by molar-refractivity contribution is 0.285. The number of halogens is 1. The van der Waals surface area contributed by atoms with E-state index in [4.69, 9.17) is 10.5 Å². The standard InChI is InChI=1S/C16H25FN2OS/c1-12(19-21-9-3-2-8-18)14-6-7-15(17)16(10-14)20-11-13-4-5-13/h6-7,10,12-13,19H,2-5,8-9,11,18H2,1H3. The third-order valence-electron chi connectivity index (χ3n) is 3.59. The smallest absolute Gasteiger partial charge is 0.165 e. The van der Waals surface area contributed by atoms with Gasteiger partial charge in [0, 0.05) is 11.8 Å². The highest BCUT2D eigenvalue weighted by atomic mass is 32.2. The SMILES string of the molecule is CC(NSCCCCN)c1ccc(F)c(OCC2CC2)c1. The van der Waals surface area contributed by atoms with E-state index in [1.807, 2.05) is 12.1 Å². The maximum Gasteiger partial charge on any atom is 0.165 e. The van der Waals surface area contributed by atoms with Gasteiger partial charge >= 0.3 is 0 Å². The van der Waals surface area contributed by atoms with E-state index in [0.29, 0.717) is 18.3 Å². The minimum absolute atomic E-state index is 0.164. The zero-order valence-corrected chi connectivity index (χ0v) is 13.4. The zero-order valence-electron chi connectivity index (χ0n) is 12.6. The number of benzene rings is 1. The molecule has 0 radical (unpaired) electrons. The van der Waals surface area contributed by atoms with Crippen molar-refractivity contribution in [2.75, 3.05) is 18.9 Å². The van der Waals surface area contributed by atoms with E-state index in [1.165, 1.54) is 18.9 Å². The molecule has 1 aromatic carbocycles. The normalized spacial score (nSPS) is 16.0. The van der Waals surface area contributed by atoms with Gasteiger partial charge in [-0.3, -0.25) is 4.72 Å². The molecule has 3 N–H and O–H groups in total. The summed E-state index contributed by atoms with van der Waals surface area (Å²) in [5.74, 6) is 1.76. The van der Waals surface area contributed by atoms with E-state index >= 15 is 0 Å². The molecule has 0 aromatic heterocycles. The molecule has 1 aliphatic rings. The van der Waals surface area contributed by atoms with Crippen LogP contribution >= 0.6 is 11.9 Å². The second-order valence-corrected chi connectivity index (χ2v) is 6.56. The third kappa shape index (κ3) is 5.85. The van der Waals surface area contributed by atoms with E-state index in [9.17, 15) is 4.39 Å². The lowest BCUT2D eigenvalue weighted by atomic mass is 10.1. The van der Waals surface area contributed by atoms with Crippen molar-refractivity contribution >= 4 is 11.9 Å². The van der Waals surface area contributed by atoms with Gasteiger partial charge in [0.2, 0.25) is 0 Å². The van der Waals surface area contributed by atoms with Gasteiger partial charge in [-0.25, -0.2) is 4.39 Å². The highest BCUT2D eigenvalue weighted by molar-refractivity contribution is 7.97. The van der Waals surface area contributed by atoms with Crippen molar-refractivity contribution in [3.63, 3.8) is 0 Å². The molecule has 1 fully saturated rings. The van der Waals surface area contributed by atoms with Gasteiger partial charge in [-0.05, 0) is 62.8 Å². The molecule has 1 aromatic rings. The van der Waals surface area contributed by atoms with E-state index in [0.717, 1.165) is 30.7 Å². The quantitative estimate of drug-likeness (QED) is 0.511. The Kier molecular flexibility index (Phi) is 6.80. The molecule has 21 heavy (non-hydrogen) atoms. The maximum absolute atomic E-state index is 13.7. The first-order valence-corrected chi connectivity index (χ1v) is 8.69. The Hall–Kier alpha value is -0.780.